The molecule has 2 heterocycles. The van der Waals surface area contributed by atoms with Gasteiger partial charge in [0.2, 0.25) is 12.7 Å². The molecular formula is C14H14BrNO4S2. The minimum Gasteiger partial charge on any atom is -0.454 e. The van der Waals surface area contributed by atoms with E-state index in [0.29, 0.717) is 29.6 Å². The maximum Gasteiger partial charge on any atom is 0.242 e. The topological polar surface area (TPSA) is 48.0 Å². The molecule has 0 N–H and O–H groups in total. The molecular weight excluding hydrogens is 390 g/mol. The van der Waals surface area contributed by atoms with Crippen molar-refractivity contribution in [3.05, 3.63) is 22.2 Å². The Balaban J connectivity index is 1.74. The Morgan fingerprint density at radius 1 is 1.45 bits per heavy atom. The van der Waals surface area contributed by atoms with Gasteiger partial charge in [0, 0.05) is 11.6 Å². The molecule has 0 spiro atoms. The summed E-state index contributed by atoms with van der Waals surface area (Å²) >= 11 is 10.2. The lowest BCUT2D eigenvalue weighted by Gasteiger charge is -2.15. The van der Waals surface area contributed by atoms with E-state index >= 15 is 0 Å². The van der Waals surface area contributed by atoms with Gasteiger partial charge in [0.15, 0.2) is 11.5 Å². The molecule has 0 unspecified atom stereocenters. The Hall–Kier alpha value is -0.830. The summed E-state index contributed by atoms with van der Waals surface area (Å²) in [5.41, 5.74) is 1.01. The van der Waals surface area contributed by atoms with E-state index in [1.165, 1.54) is 11.8 Å². The Morgan fingerprint density at radius 2 is 2.18 bits per heavy atom. The molecule has 1 saturated heterocycles. The first-order valence-electron chi connectivity index (χ1n) is 6.69. The number of thioether (sulfide) groups is 1. The molecule has 0 aromatic heterocycles. The normalized spacial score (nSPS) is 20.1. The number of carbonyl (C=O) groups excluding carboxylic acids is 1. The van der Waals surface area contributed by atoms with Crippen molar-refractivity contribution in [2.75, 3.05) is 27.1 Å². The van der Waals surface area contributed by atoms with Gasteiger partial charge in [-0.25, -0.2) is 0 Å². The van der Waals surface area contributed by atoms with Crippen molar-refractivity contribution < 1.29 is 19.0 Å². The number of amides is 1. The fraction of sp³-hybridized carbons (Fsp3) is 0.429. The van der Waals surface area contributed by atoms with Crippen LogP contribution in [0.3, 0.4) is 0 Å². The average Bonchev–Trinajstić information content (AvgIpc) is 3.03. The molecule has 118 valence electrons. The van der Waals surface area contributed by atoms with Gasteiger partial charge in [0.05, 0.1) is 18.4 Å². The molecule has 0 radical (unpaired) electrons. The summed E-state index contributed by atoms with van der Waals surface area (Å²) in [6.45, 7) is 1.21. The average molecular weight is 404 g/mol. The number of fused-ring (bicyclic) bond motifs is 1. The van der Waals surface area contributed by atoms with E-state index in [1.807, 2.05) is 12.1 Å². The molecule has 22 heavy (non-hydrogen) atoms. The molecule has 1 amide bonds. The zero-order chi connectivity index (χ0) is 15.7. The minimum atomic E-state index is -0.207. The number of hydrogen-bond acceptors (Lipinski definition) is 6. The van der Waals surface area contributed by atoms with Crippen LogP contribution in [-0.4, -0.2) is 47.4 Å². The molecule has 8 heteroatoms. The SMILES string of the molecule is COCCN1C(=O)[C@@H](Cc2cc3c(cc2Br)OCO3)SC1=S. The van der Waals surface area contributed by atoms with Gasteiger partial charge in [0.1, 0.15) is 4.32 Å². The molecule has 3 rings (SSSR count). The number of benzene rings is 1. The highest BCUT2D eigenvalue weighted by molar-refractivity contribution is 9.10. The molecule has 0 aliphatic carbocycles. The van der Waals surface area contributed by atoms with Gasteiger partial charge in [-0.15, -0.1) is 0 Å². The Bertz CT molecular complexity index is 625. The number of methoxy groups -OCH3 is 1. The number of rotatable bonds is 5. The van der Waals surface area contributed by atoms with Crippen LogP contribution in [0.4, 0.5) is 0 Å². The van der Waals surface area contributed by atoms with Gasteiger partial charge >= 0.3 is 0 Å². The molecule has 1 aromatic rings. The number of hydrogen-bond donors (Lipinski definition) is 0. The molecule has 1 atom stereocenters. The number of ether oxygens (including phenoxy) is 3. The zero-order valence-corrected chi connectivity index (χ0v) is 15.1. The first-order valence-corrected chi connectivity index (χ1v) is 8.77. The molecule has 5 nitrogen and oxygen atoms in total. The summed E-state index contributed by atoms with van der Waals surface area (Å²) in [5.74, 6) is 1.47. The third kappa shape index (κ3) is 3.10. The van der Waals surface area contributed by atoms with E-state index < -0.39 is 0 Å². The second kappa shape index (κ2) is 6.74. The lowest BCUT2D eigenvalue weighted by molar-refractivity contribution is -0.126. The summed E-state index contributed by atoms with van der Waals surface area (Å²) in [6, 6.07) is 3.80. The summed E-state index contributed by atoms with van der Waals surface area (Å²) in [7, 11) is 1.61. The van der Waals surface area contributed by atoms with Gasteiger partial charge in [-0.1, -0.05) is 39.9 Å². The minimum absolute atomic E-state index is 0.0385. The maximum absolute atomic E-state index is 12.5. The van der Waals surface area contributed by atoms with Gasteiger partial charge in [-0.05, 0) is 24.1 Å². The summed E-state index contributed by atoms with van der Waals surface area (Å²) in [6.07, 6.45) is 0.588. The molecule has 0 bridgehead atoms. The van der Waals surface area contributed by atoms with Crippen LogP contribution in [0.5, 0.6) is 11.5 Å². The van der Waals surface area contributed by atoms with Crippen molar-refractivity contribution >= 4 is 50.1 Å². The Labute approximate surface area is 146 Å². The number of halogens is 1. The van der Waals surface area contributed by atoms with E-state index in [0.717, 1.165) is 15.8 Å². The third-order valence-corrected chi connectivity index (χ3v) is 5.79. The van der Waals surface area contributed by atoms with Crippen LogP contribution in [0.15, 0.2) is 16.6 Å². The van der Waals surface area contributed by atoms with Crippen molar-refractivity contribution in [2.24, 2.45) is 0 Å². The second-order valence-corrected chi connectivity index (χ2v) is 7.55. The van der Waals surface area contributed by atoms with Crippen LogP contribution in [0.2, 0.25) is 0 Å². The highest BCUT2D eigenvalue weighted by Crippen LogP contribution is 2.39. The van der Waals surface area contributed by atoms with E-state index in [-0.39, 0.29) is 18.0 Å². The van der Waals surface area contributed by atoms with E-state index in [1.54, 1.807) is 12.0 Å². The highest BCUT2D eigenvalue weighted by Gasteiger charge is 2.37. The molecule has 1 aromatic carbocycles. The third-order valence-electron chi connectivity index (χ3n) is 3.47. The van der Waals surface area contributed by atoms with Crippen LogP contribution >= 0.6 is 39.9 Å². The Morgan fingerprint density at radius 3 is 2.91 bits per heavy atom. The van der Waals surface area contributed by atoms with E-state index in [4.69, 9.17) is 26.4 Å². The summed E-state index contributed by atoms with van der Waals surface area (Å²) in [5, 5.41) is -0.207. The first-order chi connectivity index (χ1) is 10.6. The summed E-state index contributed by atoms with van der Waals surface area (Å²) in [4.78, 5) is 14.1. The number of carbonyl (C=O) groups is 1. The van der Waals surface area contributed by atoms with Crippen LogP contribution in [0.1, 0.15) is 5.56 Å². The standard InChI is InChI=1S/C14H14BrNO4S2/c1-18-3-2-16-13(17)12(22-14(16)21)5-8-4-10-11(6-9(8)15)20-7-19-10/h4,6,12H,2-3,5,7H2,1H3/t12-/m1/s1. The first kappa shape index (κ1) is 16.0. The second-order valence-electron chi connectivity index (χ2n) is 4.86. The predicted octanol–water partition coefficient (Wildman–Crippen LogP) is 2.60. The fourth-order valence-electron chi connectivity index (χ4n) is 2.33. The van der Waals surface area contributed by atoms with Gasteiger partial charge in [0.25, 0.3) is 0 Å². The zero-order valence-electron chi connectivity index (χ0n) is 11.8. The lowest BCUT2D eigenvalue weighted by atomic mass is 10.1. The fourth-order valence-corrected chi connectivity index (χ4v) is 4.38. The lowest BCUT2D eigenvalue weighted by Crippen LogP contribution is -2.34. The Kier molecular flexibility index (Phi) is 4.91. The maximum atomic E-state index is 12.5. The van der Waals surface area contributed by atoms with Gasteiger partial charge in [-0.3, -0.25) is 9.69 Å². The van der Waals surface area contributed by atoms with Crippen molar-refractivity contribution in [1.29, 1.82) is 0 Å². The van der Waals surface area contributed by atoms with Crippen LogP contribution in [-0.2, 0) is 16.0 Å². The van der Waals surface area contributed by atoms with Crippen LogP contribution in [0.25, 0.3) is 0 Å². The van der Waals surface area contributed by atoms with Crippen molar-refractivity contribution in [3.63, 3.8) is 0 Å². The van der Waals surface area contributed by atoms with E-state index in [9.17, 15) is 4.79 Å². The molecule has 1 fully saturated rings. The van der Waals surface area contributed by atoms with Crippen molar-refractivity contribution in [1.82, 2.24) is 4.90 Å². The van der Waals surface area contributed by atoms with E-state index in [2.05, 4.69) is 15.9 Å². The van der Waals surface area contributed by atoms with Gasteiger partial charge in [-0.2, -0.15) is 0 Å². The van der Waals surface area contributed by atoms with Crippen LogP contribution < -0.4 is 9.47 Å². The predicted molar refractivity (Wildman–Crippen MR) is 91.5 cm³/mol. The quantitative estimate of drug-likeness (QED) is 0.704. The highest BCUT2D eigenvalue weighted by atomic mass is 79.9. The largest absolute Gasteiger partial charge is 0.454 e. The summed E-state index contributed by atoms with van der Waals surface area (Å²) < 4.78 is 17.3. The molecule has 0 saturated carbocycles. The van der Waals surface area contributed by atoms with Crippen molar-refractivity contribution in [2.45, 2.75) is 11.7 Å². The molecule has 2 aliphatic rings. The van der Waals surface area contributed by atoms with Crippen molar-refractivity contribution in [3.8, 4) is 11.5 Å². The van der Waals surface area contributed by atoms with Gasteiger partial charge < -0.3 is 14.2 Å². The van der Waals surface area contributed by atoms with Crippen LogP contribution in [0, 0.1) is 0 Å². The number of thiocarbonyl (C=S) groups is 1. The smallest absolute Gasteiger partial charge is 0.242 e. The number of nitrogens with zero attached hydrogens (tertiary/aromatic N) is 1. The monoisotopic (exact) mass is 403 g/mol. The molecule has 2 aliphatic heterocycles.